The number of nitrogens with zero attached hydrogens (tertiary/aromatic N) is 3. The first-order valence-electron chi connectivity index (χ1n) is 12.0. The molecule has 2 aromatic heterocycles. The summed E-state index contributed by atoms with van der Waals surface area (Å²) in [5.41, 5.74) is 7.95. The zero-order valence-corrected chi connectivity index (χ0v) is 20.0. The predicted molar refractivity (Wildman–Crippen MR) is 128 cm³/mol. The number of aromatic nitrogens is 3. The highest BCUT2D eigenvalue weighted by Gasteiger charge is 2.45. The molecule has 5 N–H and O–H groups in total. The number of anilines is 1. The molecule has 3 aliphatic heterocycles. The Morgan fingerprint density at radius 1 is 1.08 bits per heavy atom. The van der Waals surface area contributed by atoms with E-state index in [0.717, 1.165) is 17.5 Å². The van der Waals surface area contributed by atoms with Gasteiger partial charge in [-0.3, -0.25) is 15.4 Å². The van der Waals surface area contributed by atoms with Crippen LogP contribution in [0.3, 0.4) is 0 Å². The van der Waals surface area contributed by atoms with Crippen molar-refractivity contribution in [3.8, 4) is 22.8 Å². The number of fused-ring (bicyclic) bond motifs is 2. The number of rotatable bonds is 3. The second-order valence-corrected chi connectivity index (χ2v) is 9.19. The summed E-state index contributed by atoms with van der Waals surface area (Å²) in [5.74, 6) is -0.514. The van der Waals surface area contributed by atoms with Crippen LogP contribution in [0.2, 0.25) is 0 Å². The molecular weight excluding hydrogens is 491 g/mol. The molecule has 196 valence electrons. The highest BCUT2D eigenvalue weighted by molar-refractivity contribution is 6.07. The van der Waals surface area contributed by atoms with Gasteiger partial charge in [0.2, 0.25) is 0 Å². The molecule has 6 rings (SSSR count). The van der Waals surface area contributed by atoms with Crippen LogP contribution in [-0.4, -0.2) is 53.1 Å². The third kappa shape index (κ3) is 4.07. The summed E-state index contributed by atoms with van der Waals surface area (Å²) in [6, 6.07) is 5.24. The topological polar surface area (TPSA) is 124 Å². The number of hydrogen-bond donors (Lipinski definition) is 4. The van der Waals surface area contributed by atoms with Gasteiger partial charge in [0.15, 0.2) is 17.3 Å². The van der Waals surface area contributed by atoms with Crippen molar-refractivity contribution in [2.45, 2.75) is 30.8 Å². The van der Waals surface area contributed by atoms with Crippen LogP contribution in [0.1, 0.15) is 29.5 Å². The molecule has 1 atom stereocenters. The first-order chi connectivity index (χ1) is 17.7. The van der Waals surface area contributed by atoms with Gasteiger partial charge < -0.3 is 29.8 Å². The van der Waals surface area contributed by atoms with Gasteiger partial charge in [-0.05, 0) is 31.0 Å². The van der Waals surface area contributed by atoms with Crippen molar-refractivity contribution < 1.29 is 27.4 Å². The van der Waals surface area contributed by atoms with Crippen LogP contribution in [-0.2, 0) is 23.7 Å². The standard InChI is InChI=1S/C24H26F3N7O3/c1-34-17(4-7-30-34)14-2-3-15(20-19(14)36-10-11-37-20)24(28)32-21-18(16(12-29-21)23(25,26)27)22(33-24)31-13-5-8-35-9-6-13/h2-4,7,12-13,29,32H,5-6,8-11,28H2,1H3,(H,31,33). The molecular formula is C24H26F3N7O3. The van der Waals surface area contributed by atoms with Crippen molar-refractivity contribution in [3.63, 3.8) is 0 Å². The van der Waals surface area contributed by atoms with Gasteiger partial charge in [-0.2, -0.15) is 18.3 Å². The van der Waals surface area contributed by atoms with Gasteiger partial charge >= 0.3 is 6.18 Å². The summed E-state index contributed by atoms with van der Waals surface area (Å²) in [5, 5.41) is 10.3. The fourth-order valence-corrected chi connectivity index (χ4v) is 4.98. The van der Waals surface area contributed by atoms with E-state index in [9.17, 15) is 13.2 Å². The number of aliphatic imine (C=N–C) groups is 1. The molecule has 0 aliphatic carbocycles. The van der Waals surface area contributed by atoms with Crippen molar-refractivity contribution in [1.29, 1.82) is 0 Å². The highest BCUT2D eigenvalue weighted by Crippen LogP contribution is 2.46. The average Bonchev–Trinajstić information content (AvgIpc) is 3.50. The Morgan fingerprint density at radius 2 is 1.84 bits per heavy atom. The molecule has 3 aromatic rings. The molecule has 1 fully saturated rings. The summed E-state index contributed by atoms with van der Waals surface area (Å²) in [6.45, 7) is 1.62. The van der Waals surface area contributed by atoms with E-state index < -0.39 is 17.5 Å². The van der Waals surface area contributed by atoms with Crippen molar-refractivity contribution in [3.05, 3.63) is 47.3 Å². The minimum Gasteiger partial charge on any atom is -0.486 e. The average molecular weight is 518 g/mol. The number of nitrogens with two attached hydrogens (primary N) is 1. The highest BCUT2D eigenvalue weighted by atomic mass is 19.4. The molecule has 5 heterocycles. The Morgan fingerprint density at radius 3 is 2.54 bits per heavy atom. The normalized spacial score (nSPS) is 22.9. The molecule has 3 aliphatic rings. The fraction of sp³-hybridized carbons (Fsp3) is 0.417. The van der Waals surface area contributed by atoms with Crippen molar-refractivity contribution in [2.75, 3.05) is 31.7 Å². The largest absolute Gasteiger partial charge is 0.486 e. The van der Waals surface area contributed by atoms with Crippen LogP contribution in [0, 0.1) is 0 Å². The summed E-state index contributed by atoms with van der Waals surface area (Å²) in [6.07, 6.45) is -0.783. The minimum absolute atomic E-state index is 0.0536. The van der Waals surface area contributed by atoms with Gasteiger partial charge in [0.05, 0.1) is 28.4 Å². The maximum atomic E-state index is 13.9. The lowest BCUT2D eigenvalue weighted by molar-refractivity contribution is -0.137. The number of benzene rings is 1. The zero-order valence-electron chi connectivity index (χ0n) is 20.0. The number of hydrogen-bond acceptors (Lipinski definition) is 7. The molecule has 1 unspecified atom stereocenters. The number of ether oxygens (including phenoxy) is 3. The van der Waals surface area contributed by atoms with E-state index >= 15 is 0 Å². The smallest absolute Gasteiger partial charge is 0.418 e. The first-order valence-corrected chi connectivity index (χ1v) is 12.0. The van der Waals surface area contributed by atoms with Crippen molar-refractivity contribution >= 4 is 11.7 Å². The number of halogens is 3. The Bertz CT molecular complexity index is 1360. The number of aryl methyl sites for hydroxylation is 1. The first kappa shape index (κ1) is 23.7. The van der Waals surface area contributed by atoms with Gasteiger partial charge in [-0.25, -0.2) is 0 Å². The molecule has 0 bridgehead atoms. The van der Waals surface area contributed by atoms with E-state index in [0.29, 0.717) is 56.3 Å². The lowest BCUT2D eigenvalue weighted by atomic mass is 9.97. The van der Waals surface area contributed by atoms with Gasteiger partial charge in [0.25, 0.3) is 0 Å². The summed E-state index contributed by atoms with van der Waals surface area (Å²) in [7, 11) is 1.82. The van der Waals surface area contributed by atoms with Crippen LogP contribution in [0.4, 0.5) is 19.0 Å². The summed E-state index contributed by atoms with van der Waals surface area (Å²) in [4.78, 5) is 7.39. The van der Waals surface area contributed by atoms with Crippen LogP contribution in [0.15, 0.2) is 35.6 Å². The van der Waals surface area contributed by atoms with Gasteiger partial charge in [0.1, 0.15) is 24.9 Å². The van der Waals surface area contributed by atoms with Crippen LogP contribution >= 0.6 is 0 Å². The second kappa shape index (κ2) is 8.70. The Balaban J connectivity index is 1.48. The third-order valence-corrected chi connectivity index (χ3v) is 6.77. The van der Waals surface area contributed by atoms with Gasteiger partial charge in [-0.1, -0.05) is 0 Å². The lowest BCUT2D eigenvalue weighted by Gasteiger charge is -2.40. The van der Waals surface area contributed by atoms with Gasteiger partial charge in [0, 0.05) is 38.2 Å². The third-order valence-electron chi connectivity index (χ3n) is 6.77. The molecule has 0 radical (unpaired) electrons. The molecule has 1 aromatic carbocycles. The molecule has 0 amide bonds. The van der Waals surface area contributed by atoms with E-state index in [2.05, 4.69) is 25.7 Å². The van der Waals surface area contributed by atoms with E-state index in [-0.39, 0.29) is 23.3 Å². The summed E-state index contributed by atoms with van der Waals surface area (Å²) >= 11 is 0. The predicted octanol–water partition coefficient (Wildman–Crippen LogP) is 2.92. The van der Waals surface area contributed by atoms with Gasteiger partial charge in [-0.15, -0.1) is 0 Å². The molecule has 37 heavy (non-hydrogen) atoms. The molecule has 10 nitrogen and oxygen atoms in total. The molecule has 0 saturated carbocycles. The Kier molecular flexibility index (Phi) is 5.57. The van der Waals surface area contributed by atoms with Crippen LogP contribution < -0.4 is 25.8 Å². The minimum atomic E-state index is -4.58. The quantitative estimate of drug-likeness (QED) is 0.421. The van der Waals surface area contributed by atoms with E-state index in [1.807, 2.05) is 19.2 Å². The lowest BCUT2D eigenvalue weighted by Crippen LogP contribution is -2.62. The Hall–Kier alpha value is -3.71. The fourth-order valence-electron chi connectivity index (χ4n) is 4.98. The zero-order chi connectivity index (χ0) is 25.8. The second-order valence-electron chi connectivity index (χ2n) is 9.19. The molecule has 1 saturated heterocycles. The molecule has 0 spiro atoms. The number of nitrogens with one attached hydrogen (secondary N) is 3. The maximum Gasteiger partial charge on any atom is 0.418 e. The number of aromatic amines is 1. The van der Waals surface area contributed by atoms with Crippen LogP contribution in [0.5, 0.6) is 11.5 Å². The number of H-pyrrole nitrogens is 1. The SMILES string of the molecule is Cn1nccc1-c1ccc(C2(N)NC(=NC3CCOCC3)c3c(C(F)(F)F)c[nH]c3N2)c2c1OCCO2. The molecule has 13 heteroatoms. The van der Waals surface area contributed by atoms with E-state index in [1.54, 1.807) is 16.9 Å². The van der Waals surface area contributed by atoms with Crippen molar-refractivity contribution in [1.82, 2.24) is 20.1 Å². The maximum absolute atomic E-state index is 13.9. The van der Waals surface area contributed by atoms with E-state index in [4.69, 9.17) is 19.9 Å². The van der Waals surface area contributed by atoms with Crippen molar-refractivity contribution in [2.24, 2.45) is 17.8 Å². The summed E-state index contributed by atoms with van der Waals surface area (Å²) < 4.78 is 60.8. The Labute approximate surface area is 210 Å². The van der Waals surface area contributed by atoms with Crippen LogP contribution in [0.25, 0.3) is 11.3 Å². The van der Waals surface area contributed by atoms with E-state index in [1.165, 1.54) is 0 Å². The monoisotopic (exact) mass is 517 g/mol. The number of alkyl halides is 3. The number of amidine groups is 1.